The van der Waals surface area contributed by atoms with E-state index < -0.39 is 0 Å². The molecule has 1 aromatic heterocycles. The van der Waals surface area contributed by atoms with E-state index in [-0.39, 0.29) is 5.91 Å². The quantitative estimate of drug-likeness (QED) is 0.755. The Hall–Kier alpha value is -1.63. The number of amides is 1. The zero-order valence-corrected chi connectivity index (χ0v) is 15.3. The Labute approximate surface area is 150 Å². The summed E-state index contributed by atoms with van der Waals surface area (Å²) in [7, 11) is 0. The van der Waals surface area contributed by atoms with Gasteiger partial charge < -0.3 is 10.2 Å². The van der Waals surface area contributed by atoms with Crippen molar-refractivity contribution >= 4 is 40.0 Å². The molecule has 2 heterocycles. The van der Waals surface area contributed by atoms with Crippen LogP contribution in [0.4, 0.5) is 11.5 Å². The zero-order valence-electron chi connectivity index (χ0n) is 13.2. The van der Waals surface area contributed by atoms with E-state index in [1.54, 1.807) is 6.20 Å². The molecule has 4 nitrogen and oxygen atoms in total. The fourth-order valence-corrected chi connectivity index (χ4v) is 3.47. The average Bonchev–Trinajstić information content (AvgIpc) is 2.58. The van der Waals surface area contributed by atoms with Gasteiger partial charge in [0.2, 0.25) is 0 Å². The Morgan fingerprint density at radius 2 is 1.96 bits per heavy atom. The molecule has 1 N–H and O–H groups in total. The summed E-state index contributed by atoms with van der Waals surface area (Å²) in [5, 5.41) is 3.04. The first-order valence-electron chi connectivity index (χ1n) is 7.93. The first-order chi connectivity index (χ1) is 11.2. The van der Waals surface area contributed by atoms with Crippen molar-refractivity contribution in [3.8, 4) is 0 Å². The standard InChI is InChI=1S/C18H20IN3O/c1-13-7-5-8-14(16(13)19)18(23)21-15-9-6-10-20-17(15)22-11-3-2-4-12-22/h5-10H,2-4,11-12H2,1H3,(H,21,23). The number of anilines is 2. The second-order valence-corrected chi connectivity index (χ2v) is 6.89. The highest BCUT2D eigenvalue weighted by Gasteiger charge is 2.18. The number of aryl methyl sites for hydroxylation is 1. The van der Waals surface area contributed by atoms with Crippen LogP contribution in [0, 0.1) is 10.5 Å². The van der Waals surface area contributed by atoms with E-state index in [9.17, 15) is 4.79 Å². The van der Waals surface area contributed by atoms with Crippen molar-refractivity contribution in [3.05, 3.63) is 51.2 Å². The van der Waals surface area contributed by atoms with Crippen molar-refractivity contribution in [1.82, 2.24) is 4.98 Å². The summed E-state index contributed by atoms with van der Waals surface area (Å²) in [5.74, 6) is 0.799. The second kappa shape index (κ2) is 7.29. The molecule has 0 radical (unpaired) electrons. The van der Waals surface area contributed by atoms with Gasteiger partial charge in [0.05, 0.1) is 11.3 Å². The molecule has 0 spiro atoms. The summed E-state index contributed by atoms with van der Waals surface area (Å²) in [6.45, 7) is 4.02. The van der Waals surface area contributed by atoms with Crippen LogP contribution < -0.4 is 10.2 Å². The van der Waals surface area contributed by atoms with E-state index in [4.69, 9.17) is 0 Å². The molecule has 2 aromatic rings. The summed E-state index contributed by atoms with van der Waals surface area (Å²) in [4.78, 5) is 19.4. The molecule has 1 aromatic carbocycles. The van der Waals surface area contributed by atoms with Crippen molar-refractivity contribution in [2.45, 2.75) is 26.2 Å². The zero-order chi connectivity index (χ0) is 16.2. The lowest BCUT2D eigenvalue weighted by molar-refractivity contribution is 0.102. The predicted molar refractivity (Wildman–Crippen MR) is 102 cm³/mol. The van der Waals surface area contributed by atoms with Crippen LogP contribution in [0.5, 0.6) is 0 Å². The minimum absolute atomic E-state index is 0.0793. The number of carbonyl (C=O) groups is 1. The summed E-state index contributed by atoms with van der Waals surface area (Å²) in [6, 6.07) is 9.59. The van der Waals surface area contributed by atoms with Crippen molar-refractivity contribution < 1.29 is 4.79 Å². The predicted octanol–water partition coefficient (Wildman–Crippen LogP) is 4.24. The Balaban J connectivity index is 1.85. The van der Waals surface area contributed by atoms with E-state index in [0.717, 1.165) is 33.7 Å². The monoisotopic (exact) mass is 421 g/mol. The first kappa shape index (κ1) is 16.2. The van der Waals surface area contributed by atoms with Crippen molar-refractivity contribution in [2.75, 3.05) is 23.3 Å². The molecule has 0 unspecified atom stereocenters. The Morgan fingerprint density at radius 3 is 2.74 bits per heavy atom. The third kappa shape index (κ3) is 3.65. The van der Waals surface area contributed by atoms with E-state index in [1.165, 1.54) is 19.3 Å². The summed E-state index contributed by atoms with van der Waals surface area (Å²) in [5.41, 5.74) is 2.61. The van der Waals surface area contributed by atoms with Gasteiger partial charge in [-0.3, -0.25) is 4.79 Å². The van der Waals surface area contributed by atoms with Crippen LogP contribution in [-0.2, 0) is 0 Å². The van der Waals surface area contributed by atoms with Gasteiger partial charge in [0, 0.05) is 22.9 Å². The largest absolute Gasteiger partial charge is 0.355 e. The number of nitrogens with zero attached hydrogens (tertiary/aromatic N) is 2. The second-order valence-electron chi connectivity index (χ2n) is 5.81. The van der Waals surface area contributed by atoms with E-state index in [1.807, 2.05) is 37.3 Å². The summed E-state index contributed by atoms with van der Waals surface area (Å²) in [6.07, 6.45) is 5.42. The SMILES string of the molecule is Cc1cccc(C(=O)Nc2cccnc2N2CCCCC2)c1I. The maximum absolute atomic E-state index is 12.7. The number of aromatic nitrogens is 1. The normalized spacial score (nSPS) is 14.6. The van der Waals surface area contributed by atoms with Crippen LogP contribution in [-0.4, -0.2) is 24.0 Å². The van der Waals surface area contributed by atoms with Gasteiger partial charge in [-0.05, 0) is 72.5 Å². The number of piperidine rings is 1. The average molecular weight is 421 g/mol. The lowest BCUT2D eigenvalue weighted by atomic mass is 10.1. The minimum atomic E-state index is -0.0793. The Kier molecular flexibility index (Phi) is 5.15. The molecule has 0 bridgehead atoms. The maximum atomic E-state index is 12.7. The number of hydrogen-bond donors (Lipinski definition) is 1. The van der Waals surface area contributed by atoms with Gasteiger partial charge in [0.15, 0.2) is 5.82 Å². The molecule has 0 saturated carbocycles. The number of nitrogens with one attached hydrogen (secondary N) is 1. The molecule has 120 valence electrons. The highest BCUT2D eigenvalue weighted by atomic mass is 127. The number of hydrogen-bond acceptors (Lipinski definition) is 3. The van der Waals surface area contributed by atoms with Crippen LogP contribution in [0.15, 0.2) is 36.5 Å². The topological polar surface area (TPSA) is 45.2 Å². The van der Waals surface area contributed by atoms with Crippen molar-refractivity contribution in [3.63, 3.8) is 0 Å². The number of benzene rings is 1. The molecule has 3 rings (SSSR count). The van der Waals surface area contributed by atoms with E-state index in [2.05, 4.69) is 37.8 Å². The van der Waals surface area contributed by atoms with Gasteiger partial charge in [0.1, 0.15) is 0 Å². The molecule has 23 heavy (non-hydrogen) atoms. The van der Waals surface area contributed by atoms with Crippen LogP contribution in [0.3, 0.4) is 0 Å². The molecule has 1 saturated heterocycles. The summed E-state index contributed by atoms with van der Waals surface area (Å²) < 4.78 is 0.992. The van der Waals surface area contributed by atoms with Gasteiger partial charge in [-0.15, -0.1) is 0 Å². The number of carbonyl (C=O) groups excluding carboxylic acids is 1. The number of pyridine rings is 1. The first-order valence-corrected chi connectivity index (χ1v) is 9.01. The smallest absolute Gasteiger partial charge is 0.256 e. The molecule has 1 amide bonds. The van der Waals surface area contributed by atoms with Crippen molar-refractivity contribution in [1.29, 1.82) is 0 Å². The highest BCUT2D eigenvalue weighted by molar-refractivity contribution is 14.1. The number of rotatable bonds is 3. The highest BCUT2D eigenvalue weighted by Crippen LogP contribution is 2.27. The maximum Gasteiger partial charge on any atom is 0.256 e. The number of halogens is 1. The molecule has 0 atom stereocenters. The van der Waals surface area contributed by atoms with Crippen molar-refractivity contribution in [2.24, 2.45) is 0 Å². The van der Waals surface area contributed by atoms with E-state index in [0.29, 0.717) is 5.56 Å². The van der Waals surface area contributed by atoms with Crippen LogP contribution in [0.25, 0.3) is 0 Å². The summed E-state index contributed by atoms with van der Waals surface area (Å²) >= 11 is 2.23. The van der Waals surface area contributed by atoms with Gasteiger partial charge in [-0.1, -0.05) is 12.1 Å². The van der Waals surface area contributed by atoms with Crippen LogP contribution in [0.2, 0.25) is 0 Å². The lowest BCUT2D eigenvalue weighted by Gasteiger charge is -2.29. The van der Waals surface area contributed by atoms with E-state index >= 15 is 0 Å². The molecule has 1 fully saturated rings. The van der Waals surface area contributed by atoms with Crippen LogP contribution in [0.1, 0.15) is 35.2 Å². The van der Waals surface area contributed by atoms with Gasteiger partial charge in [0.25, 0.3) is 5.91 Å². The molecular formula is C18H20IN3O. The minimum Gasteiger partial charge on any atom is -0.355 e. The molecule has 0 aliphatic carbocycles. The molecule has 1 aliphatic rings. The van der Waals surface area contributed by atoms with Crippen LogP contribution >= 0.6 is 22.6 Å². The van der Waals surface area contributed by atoms with Gasteiger partial charge in [-0.2, -0.15) is 0 Å². The third-order valence-corrected chi connectivity index (χ3v) is 5.56. The van der Waals surface area contributed by atoms with Gasteiger partial charge >= 0.3 is 0 Å². The fourth-order valence-electron chi connectivity index (χ4n) is 2.86. The lowest BCUT2D eigenvalue weighted by Crippen LogP contribution is -2.31. The molecule has 1 aliphatic heterocycles. The molecule has 5 heteroatoms. The fraction of sp³-hybridized carbons (Fsp3) is 0.333. The third-order valence-electron chi connectivity index (χ3n) is 4.13. The Morgan fingerprint density at radius 1 is 1.17 bits per heavy atom. The Bertz CT molecular complexity index is 711. The molecular weight excluding hydrogens is 401 g/mol. The van der Waals surface area contributed by atoms with Gasteiger partial charge in [-0.25, -0.2) is 4.98 Å².